The molecule has 0 bridgehead atoms. The van der Waals surface area contributed by atoms with E-state index in [9.17, 15) is 14.7 Å². The average molecular weight is 301 g/mol. The number of nitrogens with zero attached hydrogens (tertiary/aromatic N) is 1. The fraction of sp³-hybridized carbons (Fsp3) is 0.412. The molecule has 0 unspecified atom stereocenters. The molecule has 1 amide bonds. The highest BCUT2D eigenvalue weighted by Gasteiger charge is 2.49. The predicted molar refractivity (Wildman–Crippen MR) is 82.6 cm³/mol. The van der Waals surface area contributed by atoms with Crippen LogP contribution in [-0.4, -0.2) is 31.1 Å². The topological polar surface area (TPSA) is 66.8 Å². The number of hydrogen-bond acceptors (Lipinski definition) is 4. The van der Waals surface area contributed by atoms with Crippen LogP contribution < -0.4 is 4.90 Å². The molecule has 5 nitrogen and oxygen atoms in total. The van der Waals surface area contributed by atoms with E-state index in [4.69, 9.17) is 4.74 Å². The first-order chi connectivity index (χ1) is 10.3. The maximum Gasteiger partial charge on any atom is 0.341 e. The molecule has 22 heavy (non-hydrogen) atoms. The fourth-order valence-electron chi connectivity index (χ4n) is 3.64. The van der Waals surface area contributed by atoms with Gasteiger partial charge < -0.3 is 14.7 Å². The number of ether oxygens (including phenoxy) is 1. The van der Waals surface area contributed by atoms with Gasteiger partial charge in [0.15, 0.2) is 0 Å². The maximum absolute atomic E-state index is 12.7. The summed E-state index contributed by atoms with van der Waals surface area (Å²) in [6, 6.07) is 5.42. The molecule has 0 fully saturated rings. The summed E-state index contributed by atoms with van der Waals surface area (Å²) in [5, 5.41) is 10.5. The van der Waals surface area contributed by atoms with Gasteiger partial charge in [0.1, 0.15) is 11.3 Å². The Morgan fingerprint density at radius 2 is 2.09 bits per heavy atom. The predicted octanol–water partition coefficient (Wildman–Crippen LogP) is 2.62. The Morgan fingerprint density at radius 1 is 1.41 bits per heavy atom. The number of likely N-dealkylation sites (N-methyl/N-ethyl adjacent to an activating group) is 1. The number of anilines is 1. The van der Waals surface area contributed by atoms with E-state index in [2.05, 4.69) is 0 Å². The summed E-state index contributed by atoms with van der Waals surface area (Å²) in [7, 11) is 3.03. The van der Waals surface area contributed by atoms with Gasteiger partial charge >= 0.3 is 5.97 Å². The number of hydrogen-bond donors (Lipinski definition) is 1. The van der Waals surface area contributed by atoms with Gasteiger partial charge in [-0.2, -0.15) is 0 Å². The first kappa shape index (κ1) is 14.6. The quantitative estimate of drug-likeness (QED) is 0.810. The Morgan fingerprint density at radius 3 is 2.73 bits per heavy atom. The van der Waals surface area contributed by atoms with Crippen LogP contribution in [0.15, 0.2) is 24.0 Å². The summed E-state index contributed by atoms with van der Waals surface area (Å²) in [4.78, 5) is 26.5. The molecule has 0 spiro atoms. The van der Waals surface area contributed by atoms with Gasteiger partial charge in [-0.25, -0.2) is 4.79 Å². The molecule has 1 N–H and O–H groups in total. The maximum atomic E-state index is 12.7. The lowest BCUT2D eigenvalue weighted by molar-refractivity contribution is -0.133. The highest BCUT2D eigenvalue weighted by molar-refractivity contribution is 6.20. The molecule has 0 saturated heterocycles. The largest absolute Gasteiger partial charge is 0.511 e. The lowest BCUT2D eigenvalue weighted by Gasteiger charge is -2.29. The first-order valence-electron chi connectivity index (χ1n) is 7.21. The van der Waals surface area contributed by atoms with Crippen LogP contribution in [0.1, 0.15) is 37.3 Å². The van der Waals surface area contributed by atoms with Crippen molar-refractivity contribution in [3.63, 3.8) is 0 Å². The van der Waals surface area contributed by atoms with Crippen LogP contribution in [-0.2, 0) is 14.3 Å². The fourth-order valence-corrected chi connectivity index (χ4v) is 3.64. The number of benzene rings is 1. The van der Waals surface area contributed by atoms with Gasteiger partial charge in [-0.3, -0.25) is 4.79 Å². The molecule has 0 radical (unpaired) electrons. The molecule has 5 heteroatoms. The van der Waals surface area contributed by atoms with Gasteiger partial charge in [0, 0.05) is 19.2 Å². The molecular formula is C17H19NO4. The lowest BCUT2D eigenvalue weighted by atomic mass is 9.73. The van der Waals surface area contributed by atoms with Crippen molar-refractivity contribution in [1.29, 1.82) is 0 Å². The lowest BCUT2D eigenvalue weighted by Crippen LogP contribution is -2.32. The second-order valence-corrected chi connectivity index (χ2v) is 6.55. The van der Waals surface area contributed by atoms with E-state index in [1.807, 2.05) is 19.9 Å². The third-order valence-electron chi connectivity index (χ3n) is 4.66. The number of aliphatic hydroxyl groups is 1. The minimum Gasteiger partial charge on any atom is -0.511 e. The van der Waals surface area contributed by atoms with Crippen LogP contribution >= 0.6 is 0 Å². The number of allylic oxidation sites excluding steroid dienone is 1. The minimum atomic E-state index is -0.579. The molecule has 0 saturated carbocycles. The van der Waals surface area contributed by atoms with E-state index in [0.717, 1.165) is 11.3 Å². The molecular weight excluding hydrogens is 282 g/mol. The monoisotopic (exact) mass is 301 g/mol. The van der Waals surface area contributed by atoms with Crippen molar-refractivity contribution >= 4 is 23.1 Å². The van der Waals surface area contributed by atoms with Gasteiger partial charge in [-0.05, 0) is 22.6 Å². The number of rotatable bonds is 1. The van der Waals surface area contributed by atoms with Crippen molar-refractivity contribution in [3.8, 4) is 0 Å². The van der Waals surface area contributed by atoms with Gasteiger partial charge in [-0.15, -0.1) is 0 Å². The van der Waals surface area contributed by atoms with Crippen LogP contribution in [0.3, 0.4) is 0 Å². The number of amides is 1. The second-order valence-electron chi connectivity index (χ2n) is 6.55. The van der Waals surface area contributed by atoms with Crippen molar-refractivity contribution in [2.24, 2.45) is 5.41 Å². The molecule has 1 aliphatic heterocycles. The SMILES string of the molecule is COC(=O)C1=C(O)CC(C)(C)[C@H]2C(=O)N(C)c3cccc1c32. The molecule has 2 aliphatic rings. The van der Waals surface area contributed by atoms with E-state index in [0.29, 0.717) is 5.56 Å². The molecule has 1 aromatic carbocycles. The van der Waals surface area contributed by atoms with Crippen molar-refractivity contribution in [2.75, 3.05) is 19.1 Å². The molecule has 1 aliphatic carbocycles. The minimum absolute atomic E-state index is 0.00799. The third-order valence-corrected chi connectivity index (χ3v) is 4.66. The van der Waals surface area contributed by atoms with Gasteiger partial charge in [-0.1, -0.05) is 26.0 Å². The second kappa shape index (κ2) is 4.60. The van der Waals surface area contributed by atoms with Crippen molar-refractivity contribution < 1.29 is 19.4 Å². The van der Waals surface area contributed by atoms with Crippen molar-refractivity contribution in [1.82, 2.24) is 0 Å². The molecule has 0 aromatic heterocycles. The summed E-state index contributed by atoms with van der Waals surface area (Å²) < 4.78 is 4.83. The van der Waals surface area contributed by atoms with E-state index in [-0.39, 0.29) is 29.6 Å². The summed E-state index contributed by atoms with van der Waals surface area (Å²) in [5.41, 5.74) is 1.86. The first-order valence-corrected chi connectivity index (χ1v) is 7.21. The molecule has 116 valence electrons. The number of carbonyl (C=O) groups is 2. The molecule has 1 heterocycles. The summed E-state index contributed by atoms with van der Waals surface area (Å²) in [6.45, 7) is 3.87. The molecule has 1 atom stereocenters. The highest BCUT2D eigenvalue weighted by atomic mass is 16.5. The Balaban J connectivity index is 2.37. The Hall–Kier alpha value is -2.30. The molecule has 1 aromatic rings. The van der Waals surface area contributed by atoms with Crippen LogP contribution in [0.4, 0.5) is 5.69 Å². The standard InChI is InChI=1S/C17H19NO4/c1-17(2)8-11(19)13(16(21)22-4)9-6-5-7-10-12(9)14(17)15(20)18(10)3/h5-7,14,19H,8H2,1-4H3/t14-/m1/s1. The van der Waals surface area contributed by atoms with E-state index < -0.39 is 11.4 Å². The van der Waals surface area contributed by atoms with Crippen LogP contribution in [0.25, 0.3) is 5.57 Å². The summed E-state index contributed by atoms with van der Waals surface area (Å²) >= 11 is 0. The van der Waals surface area contributed by atoms with E-state index >= 15 is 0 Å². The normalized spacial score (nSPS) is 22.5. The van der Waals surface area contributed by atoms with Crippen molar-refractivity contribution in [2.45, 2.75) is 26.2 Å². The van der Waals surface area contributed by atoms with Crippen LogP contribution in [0.5, 0.6) is 0 Å². The van der Waals surface area contributed by atoms with Gasteiger partial charge in [0.2, 0.25) is 5.91 Å². The third kappa shape index (κ3) is 1.78. The Bertz CT molecular complexity index is 717. The Labute approximate surface area is 129 Å². The summed E-state index contributed by atoms with van der Waals surface area (Å²) in [6.07, 6.45) is 0.246. The molecule has 3 rings (SSSR count). The smallest absolute Gasteiger partial charge is 0.341 e. The zero-order valence-corrected chi connectivity index (χ0v) is 13.1. The van der Waals surface area contributed by atoms with Gasteiger partial charge in [0.25, 0.3) is 0 Å². The highest BCUT2D eigenvalue weighted by Crippen LogP contribution is 2.54. The zero-order valence-electron chi connectivity index (χ0n) is 13.1. The Kier molecular flexibility index (Phi) is 3.06. The number of methoxy groups -OCH3 is 1. The number of carbonyl (C=O) groups excluding carboxylic acids is 2. The number of esters is 1. The van der Waals surface area contributed by atoms with Crippen LogP contribution in [0.2, 0.25) is 0 Å². The van der Waals surface area contributed by atoms with Crippen LogP contribution in [0, 0.1) is 5.41 Å². The number of aliphatic hydroxyl groups excluding tert-OH is 1. The van der Waals surface area contributed by atoms with E-state index in [1.54, 1.807) is 24.1 Å². The van der Waals surface area contributed by atoms with Crippen molar-refractivity contribution in [3.05, 3.63) is 35.1 Å². The summed E-state index contributed by atoms with van der Waals surface area (Å²) in [5.74, 6) is -0.987. The average Bonchev–Trinajstić information content (AvgIpc) is 2.67. The van der Waals surface area contributed by atoms with E-state index in [1.165, 1.54) is 7.11 Å². The zero-order chi connectivity index (χ0) is 16.2. The van der Waals surface area contributed by atoms with Gasteiger partial charge in [0.05, 0.1) is 13.0 Å².